The minimum absolute atomic E-state index is 0.659. The van der Waals surface area contributed by atoms with Gasteiger partial charge >= 0.3 is 0 Å². The van der Waals surface area contributed by atoms with E-state index in [-0.39, 0.29) is 0 Å². The van der Waals surface area contributed by atoms with Crippen molar-refractivity contribution in [2.45, 2.75) is 27.2 Å². The van der Waals surface area contributed by atoms with Gasteiger partial charge in [-0.05, 0) is 50.6 Å². The minimum atomic E-state index is 0.659. The van der Waals surface area contributed by atoms with Crippen LogP contribution in [0.4, 0.5) is 11.4 Å². The topological polar surface area (TPSA) is 15.6 Å². The quantitative estimate of drug-likeness (QED) is 0.708. The fourth-order valence-electron chi connectivity index (χ4n) is 2.33. The van der Waals surface area contributed by atoms with Crippen LogP contribution in [0, 0.1) is 6.92 Å². The summed E-state index contributed by atoms with van der Waals surface area (Å²) in [5.74, 6) is 0. The number of hydrogen-bond donors (Lipinski definition) is 0. The van der Waals surface area contributed by atoms with Crippen LogP contribution in [0.5, 0.6) is 0 Å². The van der Waals surface area contributed by atoms with Crippen LogP contribution in [-0.2, 0) is 0 Å². The van der Waals surface area contributed by atoms with Crippen LogP contribution < -0.4 is 4.90 Å². The summed E-state index contributed by atoms with van der Waals surface area (Å²) in [6, 6.07) is 6.31. The SMILES string of the molecule is CCN(CC)c1ccc(N=C2C=C(Cl)CC=C2Cl)c(C)c1. The largest absolute Gasteiger partial charge is 0.372 e. The van der Waals surface area contributed by atoms with Gasteiger partial charge in [-0.25, -0.2) is 4.99 Å². The first kappa shape index (κ1) is 16.1. The van der Waals surface area contributed by atoms with Gasteiger partial charge in [-0.1, -0.05) is 29.3 Å². The smallest absolute Gasteiger partial charge is 0.0831 e. The van der Waals surface area contributed by atoms with E-state index in [1.165, 1.54) is 5.69 Å². The first-order chi connectivity index (χ1) is 10.0. The zero-order valence-electron chi connectivity index (χ0n) is 12.7. The highest BCUT2D eigenvalue weighted by molar-refractivity contribution is 6.47. The van der Waals surface area contributed by atoms with E-state index in [2.05, 4.69) is 42.8 Å². The average Bonchev–Trinajstić information content (AvgIpc) is 2.47. The fraction of sp³-hybridized carbons (Fsp3) is 0.353. The van der Waals surface area contributed by atoms with E-state index in [9.17, 15) is 0 Å². The molecule has 2 nitrogen and oxygen atoms in total. The minimum Gasteiger partial charge on any atom is -0.372 e. The van der Waals surface area contributed by atoms with Crippen LogP contribution in [0.15, 0.2) is 45.4 Å². The van der Waals surface area contributed by atoms with Crippen molar-refractivity contribution < 1.29 is 0 Å². The summed E-state index contributed by atoms with van der Waals surface area (Å²) in [4.78, 5) is 6.95. The van der Waals surface area contributed by atoms with E-state index in [4.69, 9.17) is 23.2 Å². The van der Waals surface area contributed by atoms with Crippen molar-refractivity contribution >= 4 is 40.3 Å². The summed E-state index contributed by atoms with van der Waals surface area (Å²) in [7, 11) is 0. The van der Waals surface area contributed by atoms with Crippen molar-refractivity contribution in [1.29, 1.82) is 0 Å². The Morgan fingerprint density at radius 1 is 1.19 bits per heavy atom. The molecule has 1 aliphatic rings. The first-order valence-corrected chi connectivity index (χ1v) is 7.97. The highest BCUT2D eigenvalue weighted by Crippen LogP contribution is 2.28. The number of hydrogen-bond acceptors (Lipinski definition) is 2. The zero-order chi connectivity index (χ0) is 15.4. The molecule has 0 atom stereocenters. The number of aliphatic imine (C=N–C) groups is 1. The van der Waals surface area contributed by atoms with E-state index >= 15 is 0 Å². The van der Waals surface area contributed by atoms with Gasteiger partial charge in [0.15, 0.2) is 0 Å². The van der Waals surface area contributed by atoms with Crippen LogP contribution in [0.2, 0.25) is 0 Å². The van der Waals surface area contributed by atoms with E-state index < -0.39 is 0 Å². The lowest BCUT2D eigenvalue weighted by atomic mass is 10.1. The number of halogens is 2. The molecule has 2 rings (SSSR count). The molecule has 0 radical (unpaired) electrons. The Morgan fingerprint density at radius 3 is 2.52 bits per heavy atom. The molecule has 0 saturated heterocycles. The molecular formula is C17H20Cl2N2. The first-order valence-electron chi connectivity index (χ1n) is 7.21. The van der Waals surface area contributed by atoms with Crippen molar-refractivity contribution in [3.8, 4) is 0 Å². The molecule has 0 fully saturated rings. The number of allylic oxidation sites excluding steroid dienone is 4. The summed E-state index contributed by atoms with van der Waals surface area (Å²) < 4.78 is 0. The standard InChI is InChI=1S/C17H20Cl2N2/c1-4-21(5-2)14-7-9-16(12(3)10-14)20-17-11-13(18)6-8-15(17)19/h7-11H,4-6H2,1-3H3. The van der Waals surface area contributed by atoms with Gasteiger partial charge in [0, 0.05) is 30.2 Å². The molecular weight excluding hydrogens is 303 g/mol. The molecule has 1 aliphatic carbocycles. The molecule has 0 aliphatic heterocycles. The normalized spacial score (nSPS) is 16.7. The van der Waals surface area contributed by atoms with Gasteiger partial charge in [0.1, 0.15) is 0 Å². The zero-order valence-corrected chi connectivity index (χ0v) is 14.2. The average molecular weight is 323 g/mol. The fourth-order valence-corrected chi connectivity index (χ4v) is 2.69. The lowest BCUT2D eigenvalue weighted by Crippen LogP contribution is -2.21. The van der Waals surface area contributed by atoms with Gasteiger partial charge in [-0.15, -0.1) is 0 Å². The van der Waals surface area contributed by atoms with Crippen LogP contribution >= 0.6 is 23.2 Å². The van der Waals surface area contributed by atoms with Crippen molar-refractivity contribution in [2.75, 3.05) is 18.0 Å². The maximum absolute atomic E-state index is 6.20. The monoisotopic (exact) mass is 322 g/mol. The summed E-state index contributed by atoms with van der Waals surface area (Å²) in [5.41, 5.74) is 4.01. The predicted molar refractivity (Wildman–Crippen MR) is 94.3 cm³/mol. The summed E-state index contributed by atoms with van der Waals surface area (Å²) in [6.07, 6.45) is 4.41. The van der Waals surface area contributed by atoms with E-state index in [1.54, 1.807) is 0 Å². The van der Waals surface area contributed by atoms with Crippen molar-refractivity contribution in [1.82, 2.24) is 0 Å². The van der Waals surface area contributed by atoms with E-state index in [1.807, 2.05) is 18.2 Å². The van der Waals surface area contributed by atoms with Crippen LogP contribution in [-0.4, -0.2) is 18.8 Å². The second-order valence-electron chi connectivity index (χ2n) is 4.99. The molecule has 0 amide bonds. The predicted octanol–water partition coefficient (Wildman–Crippen LogP) is 5.56. The molecule has 21 heavy (non-hydrogen) atoms. The Labute approximate surface area is 136 Å². The number of benzene rings is 1. The lowest BCUT2D eigenvalue weighted by Gasteiger charge is -2.21. The summed E-state index contributed by atoms with van der Waals surface area (Å²) in [5, 5.41) is 1.42. The molecule has 0 N–H and O–H groups in total. The van der Waals surface area contributed by atoms with Crippen LogP contribution in [0.3, 0.4) is 0 Å². The highest BCUT2D eigenvalue weighted by Gasteiger charge is 2.10. The van der Waals surface area contributed by atoms with Crippen molar-refractivity contribution in [3.05, 3.63) is 46.0 Å². The third kappa shape index (κ3) is 3.90. The van der Waals surface area contributed by atoms with E-state index in [0.717, 1.165) is 35.1 Å². The Morgan fingerprint density at radius 2 is 1.90 bits per heavy atom. The van der Waals surface area contributed by atoms with E-state index in [0.29, 0.717) is 11.5 Å². The van der Waals surface area contributed by atoms with Crippen LogP contribution in [0.25, 0.3) is 0 Å². The third-order valence-corrected chi connectivity index (χ3v) is 4.18. The van der Waals surface area contributed by atoms with Crippen molar-refractivity contribution in [2.24, 2.45) is 4.99 Å². The second kappa shape index (κ2) is 7.15. The number of nitrogens with zero attached hydrogens (tertiary/aromatic N) is 2. The van der Waals surface area contributed by atoms with Crippen molar-refractivity contribution in [3.63, 3.8) is 0 Å². The second-order valence-corrected chi connectivity index (χ2v) is 5.88. The molecule has 0 spiro atoms. The maximum Gasteiger partial charge on any atom is 0.0831 e. The molecule has 112 valence electrons. The molecule has 0 heterocycles. The number of rotatable bonds is 4. The van der Waals surface area contributed by atoms with Gasteiger partial charge in [0.25, 0.3) is 0 Å². The molecule has 0 unspecified atom stereocenters. The maximum atomic E-state index is 6.20. The molecule has 0 bridgehead atoms. The van der Waals surface area contributed by atoms with Gasteiger partial charge < -0.3 is 4.90 Å². The van der Waals surface area contributed by atoms with Gasteiger partial charge in [0.05, 0.1) is 16.4 Å². The third-order valence-electron chi connectivity index (χ3n) is 3.56. The summed E-state index contributed by atoms with van der Waals surface area (Å²) >= 11 is 12.3. The molecule has 1 aromatic rings. The molecule has 0 aromatic heterocycles. The molecule has 4 heteroatoms. The Bertz CT molecular complexity index is 611. The van der Waals surface area contributed by atoms with Gasteiger partial charge in [-0.2, -0.15) is 0 Å². The van der Waals surface area contributed by atoms with Gasteiger partial charge in [-0.3, -0.25) is 0 Å². The Hall–Kier alpha value is -1.25. The molecule has 0 saturated carbocycles. The molecule has 1 aromatic carbocycles. The highest BCUT2D eigenvalue weighted by atomic mass is 35.5. The Kier molecular flexibility index (Phi) is 5.49. The summed E-state index contributed by atoms with van der Waals surface area (Å²) in [6.45, 7) is 8.38. The number of aryl methyl sites for hydroxylation is 1. The van der Waals surface area contributed by atoms with Crippen LogP contribution in [0.1, 0.15) is 25.8 Å². The Balaban J connectivity index is 2.34. The number of anilines is 1. The van der Waals surface area contributed by atoms with Gasteiger partial charge in [0.2, 0.25) is 0 Å². The lowest BCUT2D eigenvalue weighted by molar-refractivity contribution is 0.865.